The molecule has 0 saturated heterocycles. The Balaban J connectivity index is 1.45. The summed E-state index contributed by atoms with van der Waals surface area (Å²) >= 11 is 3.46. The standard InChI is InChI=1S/C34H34BrNO8/c1-3-31(37)43-21-7-5-19-41-27-14-9-24(10-15-27)33(39)26-13-18-30(29(35)23-26)36-34(40)25-11-16-28(17-12-25)42-20-6-8-22-44-32(38)4-2/h3-4,9-18,23H,1-2,5-8,19-22H2,(H,36,40). The maximum Gasteiger partial charge on any atom is 0.330 e. The Kier molecular flexibility index (Phi) is 13.9. The highest BCUT2D eigenvalue weighted by molar-refractivity contribution is 9.10. The van der Waals surface area contributed by atoms with E-state index in [0.717, 1.165) is 12.2 Å². The van der Waals surface area contributed by atoms with E-state index in [1.165, 1.54) is 0 Å². The molecule has 1 amide bonds. The number of halogens is 1. The van der Waals surface area contributed by atoms with Crippen molar-refractivity contribution < 1.29 is 38.1 Å². The lowest BCUT2D eigenvalue weighted by molar-refractivity contribution is -0.138. The number of hydrogen-bond acceptors (Lipinski definition) is 8. The average molecular weight is 665 g/mol. The van der Waals surface area contributed by atoms with Gasteiger partial charge in [0, 0.05) is 33.3 Å². The molecule has 0 aliphatic heterocycles. The van der Waals surface area contributed by atoms with Gasteiger partial charge in [0.2, 0.25) is 0 Å². The number of ketones is 1. The van der Waals surface area contributed by atoms with E-state index in [1.807, 2.05) is 0 Å². The van der Waals surface area contributed by atoms with Crippen LogP contribution in [0.2, 0.25) is 0 Å². The van der Waals surface area contributed by atoms with Crippen LogP contribution in [0.5, 0.6) is 11.5 Å². The summed E-state index contributed by atoms with van der Waals surface area (Å²) in [7, 11) is 0. The quantitative estimate of drug-likeness (QED) is 0.0691. The molecule has 0 aliphatic carbocycles. The Labute approximate surface area is 265 Å². The second-order valence-corrected chi connectivity index (χ2v) is 10.2. The van der Waals surface area contributed by atoms with Crippen LogP contribution >= 0.6 is 15.9 Å². The van der Waals surface area contributed by atoms with Crippen LogP contribution in [0, 0.1) is 0 Å². The lowest BCUT2D eigenvalue weighted by Gasteiger charge is -2.11. The number of carbonyl (C=O) groups is 4. The van der Waals surface area contributed by atoms with Crippen molar-refractivity contribution in [3.05, 3.63) is 113 Å². The van der Waals surface area contributed by atoms with Crippen molar-refractivity contribution in [3.8, 4) is 11.5 Å². The number of unbranched alkanes of at least 4 members (excludes halogenated alkanes) is 2. The Bertz CT molecular complexity index is 1450. The fourth-order valence-corrected chi connectivity index (χ4v) is 4.25. The van der Waals surface area contributed by atoms with Crippen LogP contribution in [0.15, 0.2) is 96.5 Å². The van der Waals surface area contributed by atoms with Crippen molar-refractivity contribution >= 4 is 45.2 Å². The average Bonchev–Trinajstić information content (AvgIpc) is 3.05. The van der Waals surface area contributed by atoms with Crippen molar-refractivity contribution in [1.29, 1.82) is 0 Å². The van der Waals surface area contributed by atoms with Gasteiger partial charge in [-0.15, -0.1) is 0 Å². The van der Waals surface area contributed by atoms with Gasteiger partial charge < -0.3 is 24.3 Å². The zero-order chi connectivity index (χ0) is 31.7. The van der Waals surface area contributed by atoms with Crippen LogP contribution in [0.25, 0.3) is 0 Å². The van der Waals surface area contributed by atoms with Gasteiger partial charge in [0.1, 0.15) is 11.5 Å². The van der Waals surface area contributed by atoms with Gasteiger partial charge in [-0.25, -0.2) is 9.59 Å². The van der Waals surface area contributed by atoms with Crippen LogP contribution in [0.1, 0.15) is 52.0 Å². The summed E-state index contributed by atoms with van der Waals surface area (Å²) < 4.78 is 21.8. The molecular weight excluding hydrogens is 630 g/mol. The predicted octanol–water partition coefficient (Wildman–Crippen LogP) is 6.71. The molecule has 0 radical (unpaired) electrons. The number of carbonyl (C=O) groups excluding carboxylic acids is 4. The van der Waals surface area contributed by atoms with Gasteiger partial charge in [0.15, 0.2) is 5.78 Å². The zero-order valence-electron chi connectivity index (χ0n) is 24.2. The summed E-state index contributed by atoms with van der Waals surface area (Å²) in [6.45, 7) is 8.21. The minimum absolute atomic E-state index is 0.174. The Morgan fingerprint density at radius 2 is 1.09 bits per heavy atom. The highest BCUT2D eigenvalue weighted by Crippen LogP contribution is 2.26. The minimum Gasteiger partial charge on any atom is -0.494 e. The molecule has 9 nitrogen and oxygen atoms in total. The lowest BCUT2D eigenvalue weighted by atomic mass is 10.0. The van der Waals surface area contributed by atoms with Crippen LogP contribution < -0.4 is 14.8 Å². The second-order valence-electron chi connectivity index (χ2n) is 9.38. The third kappa shape index (κ3) is 11.2. The Morgan fingerprint density at radius 1 is 0.636 bits per heavy atom. The van der Waals surface area contributed by atoms with E-state index in [9.17, 15) is 19.2 Å². The molecular formula is C34H34BrNO8. The Morgan fingerprint density at radius 3 is 1.57 bits per heavy atom. The molecule has 0 saturated carbocycles. The normalized spacial score (nSPS) is 10.3. The van der Waals surface area contributed by atoms with Crippen LogP contribution in [0.4, 0.5) is 5.69 Å². The van der Waals surface area contributed by atoms with E-state index < -0.39 is 11.9 Å². The number of anilines is 1. The first-order valence-electron chi connectivity index (χ1n) is 14.0. The summed E-state index contributed by atoms with van der Waals surface area (Å²) in [5, 5.41) is 2.85. The monoisotopic (exact) mass is 663 g/mol. The van der Waals surface area contributed by atoms with Crippen molar-refractivity contribution in [2.75, 3.05) is 31.7 Å². The van der Waals surface area contributed by atoms with E-state index in [2.05, 4.69) is 34.4 Å². The number of amides is 1. The lowest BCUT2D eigenvalue weighted by Crippen LogP contribution is -2.12. The maximum absolute atomic E-state index is 13.0. The van der Waals surface area contributed by atoms with Crippen molar-refractivity contribution in [1.82, 2.24) is 0 Å². The summed E-state index contributed by atoms with van der Waals surface area (Å²) in [5.41, 5.74) is 1.92. The van der Waals surface area contributed by atoms with Gasteiger partial charge in [-0.1, -0.05) is 13.2 Å². The number of nitrogens with one attached hydrogen (secondary N) is 1. The van der Waals surface area contributed by atoms with Gasteiger partial charge in [-0.05, 0) is 108 Å². The van der Waals surface area contributed by atoms with Crippen LogP contribution in [-0.4, -0.2) is 50.1 Å². The minimum atomic E-state index is -0.444. The van der Waals surface area contributed by atoms with Gasteiger partial charge in [0.25, 0.3) is 5.91 Å². The van der Waals surface area contributed by atoms with Crippen molar-refractivity contribution in [3.63, 3.8) is 0 Å². The zero-order valence-corrected chi connectivity index (χ0v) is 25.8. The summed E-state index contributed by atoms with van der Waals surface area (Å²) in [6.07, 6.45) is 5.01. The number of ether oxygens (including phenoxy) is 4. The first-order valence-corrected chi connectivity index (χ1v) is 14.8. The molecule has 10 heteroatoms. The highest BCUT2D eigenvalue weighted by Gasteiger charge is 2.14. The van der Waals surface area contributed by atoms with Crippen molar-refractivity contribution in [2.24, 2.45) is 0 Å². The molecule has 0 spiro atoms. The number of esters is 2. The SMILES string of the molecule is C=CC(=O)OCCCCOc1ccc(C(=O)Nc2ccc(C(=O)c3ccc(OCCCCOC(=O)C=C)cc3)cc2Br)cc1. The first-order chi connectivity index (χ1) is 21.3. The molecule has 0 atom stereocenters. The molecule has 44 heavy (non-hydrogen) atoms. The Hall–Kier alpha value is -4.70. The molecule has 3 aromatic carbocycles. The molecule has 1 N–H and O–H groups in total. The fraction of sp³-hybridized carbons (Fsp3) is 0.235. The molecule has 230 valence electrons. The summed E-state index contributed by atoms with van der Waals surface area (Å²) in [4.78, 5) is 47.9. The number of rotatable bonds is 18. The van der Waals surface area contributed by atoms with E-state index in [-0.39, 0.29) is 11.7 Å². The smallest absolute Gasteiger partial charge is 0.330 e. The highest BCUT2D eigenvalue weighted by atomic mass is 79.9. The van der Waals surface area contributed by atoms with Crippen LogP contribution in [0.3, 0.4) is 0 Å². The molecule has 3 rings (SSSR count). The molecule has 0 unspecified atom stereocenters. The number of hydrogen-bond donors (Lipinski definition) is 1. The predicted molar refractivity (Wildman–Crippen MR) is 170 cm³/mol. The number of benzene rings is 3. The third-order valence-corrected chi connectivity index (χ3v) is 6.81. The molecule has 0 bridgehead atoms. The molecule has 3 aromatic rings. The molecule has 0 aromatic heterocycles. The van der Waals surface area contributed by atoms with Gasteiger partial charge in [0.05, 0.1) is 32.1 Å². The van der Waals surface area contributed by atoms with Gasteiger partial charge in [-0.3, -0.25) is 9.59 Å². The van der Waals surface area contributed by atoms with E-state index in [0.29, 0.717) is 90.5 Å². The van der Waals surface area contributed by atoms with Crippen molar-refractivity contribution in [2.45, 2.75) is 25.7 Å². The topological polar surface area (TPSA) is 117 Å². The van der Waals surface area contributed by atoms with E-state index in [4.69, 9.17) is 18.9 Å². The fourth-order valence-electron chi connectivity index (χ4n) is 3.78. The maximum atomic E-state index is 13.0. The molecule has 0 heterocycles. The summed E-state index contributed by atoms with van der Waals surface area (Å²) in [6, 6.07) is 18.6. The van der Waals surface area contributed by atoms with E-state index >= 15 is 0 Å². The molecule has 0 aliphatic rings. The van der Waals surface area contributed by atoms with Crippen LogP contribution in [-0.2, 0) is 19.1 Å². The molecule has 0 fully saturated rings. The third-order valence-electron chi connectivity index (χ3n) is 6.15. The summed E-state index contributed by atoms with van der Waals surface area (Å²) in [5.74, 6) is -0.117. The van der Waals surface area contributed by atoms with E-state index in [1.54, 1.807) is 66.7 Å². The van der Waals surface area contributed by atoms with Gasteiger partial charge in [-0.2, -0.15) is 0 Å². The second kappa shape index (κ2) is 18.1. The first kappa shape index (κ1) is 33.8. The largest absolute Gasteiger partial charge is 0.494 e. The van der Waals surface area contributed by atoms with Gasteiger partial charge >= 0.3 is 11.9 Å².